The van der Waals surface area contributed by atoms with E-state index in [9.17, 15) is 5.11 Å². The molecule has 2 saturated heterocycles. The highest BCUT2D eigenvalue weighted by molar-refractivity contribution is 7.17. The fourth-order valence-corrected chi connectivity index (χ4v) is 6.79. The van der Waals surface area contributed by atoms with Gasteiger partial charge in [-0.25, -0.2) is 0 Å². The van der Waals surface area contributed by atoms with Crippen LogP contribution < -0.4 is 14.8 Å². The SMILES string of the molecule is Cc1c(OCCN2CCCC2)cc(O)c(Nc2csc3ccccc23)c1-c1ccc(OCCN2CCCC2)cc1. The van der Waals surface area contributed by atoms with Crippen molar-refractivity contribution in [2.75, 3.05) is 57.8 Å². The normalized spacial score (nSPS) is 16.1. The Kier molecular flexibility index (Phi) is 8.42. The lowest BCUT2D eigenvalue weighted by atomic mass is 9.96. The lowest BCUT2D eigenvalue weighted by Crippen LogP contribution is -2.25. The minimum Gasteiger partial charge on any atom is -0.506 e. The maximum Gasteiger partial charge on any atom is 0.143 e. The molecule has 40 heavy (non-hydrogen) atoms. The van der Waals surface area contributed by atoms with Crippen molar-refractivity contribution in [3.63, 3.8) is 0 Å². The van der Waals surface area contributed by atoms with Crippen LogP contribution in [0.15, 0.2) is 60.0 Å². The number of nitrogens with one attached hydrogen (secondary N) is 1. The van der Waals surface area contributed by atoms with Crippen molar-refractivity contribution >= 4 is 32.8 Å². The highest BCUT2D eigenvalue weighted by Crippen LogP contribution is 2.46. The number of benzene rings is 3. The van der Waals surface area contributed by atoms with Crippen molar-refractivity contribution in [1.29, 1.82) is 0 Å². The number of phenols is 1. The standard InChI is InChI=1S/C33H39N3O3S/c1-24-30(39-21-19-36-16-6-7-17-36)22-29(37)33(34-28-23-40-31-9-3-2-8-27(28)31)32(24)25-10-12-26(13-11-25)38-20-18-35-14-4-5-15-35/h2-3,8-13,22-23,34,37H,4-7,14-21H2,1H3. The summed E-state index contributed by atoms with van der Waals surface area (Å²) in [5.74, 6) is 1.76. The number of thiophene rings is 1. The quantitative estimate of drug-likeness (QED) is 0.189. The van der Waals surface area contributed by atoms with Gasteiger partial charge in [-0.3, -0.25) is 9.80 Å². The molecule has 6 nitrogen and oxygen atoms in total. The van der Waals surface area contributed by atoms with Crippen LogP contribution in [-0.2, 0) is 0 Å². The van der Waals surface area contributed by atoms with E-state index in [0.717, 1.165) is 65.4 Å². The molecule has 0 aliphatic carbocycles. The Morgan fingerprint density at radius 3 is 2.20 bits per heavy atom. The zero-order valence-electron chi connectivity index (χ0n) is 23.3. The molecule has 1 aromatic heterocycles. The molecule has 2 fully saturated rings. The van der Waals surface area contributed by atoms with Crippen molar-refractivity contribution in [2.45, 2.75) is 32.6 Å². The number of hydrogen-bond donors (Lipinski definition) is 2. The Morgan fingerprint density at radius 1 is 0.850 bits per heavy atom. The number of ether oxygens (including phenoxy) is 2. The molecule has 0 amide bonds. The molecule has 0 unspecified atom stereocenters. The molecule has 0 atom stereocenters. The van der Waals surface area contributed by atoms with Crippen LogP contribution in [-0.4, -0.2) is 67.4 Å². The molecule has 4 aromatic rings. The smallest absolute Gasteiger partial charge is 0.143 e. The maximum absolute atomic E-state index is 11.3. The van der Waals surface area contributed by atoms with Gasteiger partial charge in [0.05, 0.1) is 11.4 Å². The van der Waals surface area contributed by atoms with E-state index in [-0.39, 0.29) is 5.75 Å². The van der Waals surface area contributed by atoms with E-state index in [1.165, 1.54) is 43.5 Å². The van der Waals surface area contributed by atoms with Gasteiger partial charge >= 0.3 is 0 Å². The molecule has 7 heteroatoms. The first-order chi connectivity index (χ1) is 19.7. The van der Waals surface area contributed by atoms with Crippen molar-refractivity contribution in [3.8, 4) is 28.4 Å². The van der Waals surface area contributed by atoms with Gasteiger partial charge in [-0.15, -0.1) is 11.3 Å². The van der Waals surface area contributed by atoms with Crippen LogP contribution in [0.1, 0.15) is 31.2 Å². The van der Waals surface area contributed by atoms with Crippen LogP contribution in [0.25, 0.3) is 21.2 Å². The van der Waals surface area contributed by atoms with Gasteiger partial charge in [-0.1, -0.05) is 30.3 Å². The first-order valence-corrected chi connectivity index (χ1v) is 15.4. The molecular formula is C33H39N3O3S. The van der Waals surface area contributed by atoms with Crippen molar-refractivity contribution in [2.24, 2.45) is 0 Å². The van der Waals surface area contributed by atoms with Crippen molar-refractivity contribution in [1.82, 2.24) is 9.80 Å². The van der Waals surface area contributed by atoms with E-state index >= 15 is 0 Å². The molecule has 6 rings (SSSR count). The Hall–Kier alpha value is -3.26. The Morgan fingerprint density at radius 2 is 1.50 bits per heavy atom. The number of nitrogens with zero attached hydrogens (tertiary/aromatic N) is 2. The van der Waals surface area contributed by atoms with E-state index in [4.69, 9.17) is 9.47 Å². The molecule has 2 N–H and O–H groups in total. The van der Waals surface area contributed by atoms with Crippen molar-refractivity contribution in [3.05, 3.63) is 65.5 Å². The van der Waals surface area contributed by atoms with Crippen LogP contribution >= 0.6 is 11.3 Å². The number of fused-ring (bicyclic) bond motifs is 1. The third-order valence-corrected chi connectivity index (χ3v) is 9.10. The number of phenolic OH excluding ortho intramolecular Hbond substituents is 1. The number of hydrogen-bond acceptors (Lipinski definition) is 7. The van der Waals surface area contributed by atoms with E-state index < -0.39 is 0 Å². The summed E-state index contributed by atoms with van der Waals surface area (Å²) in [7, 11) is 0. The molecule has 2 aliphatic rings. The monoisotopic (exact) mass is 557 g/mol. The minimum atomic E-state index is 0.179. The van der Waals surface area contributed by atoms with Gasteiger partial charge < -0.3 is 19.9 Å². The summed E-state index contributed by atoms with van der Waals surface area (Å²) in [5.41, 5.74) is 4.63. The fourth-order valence-electron chi connectivity index (χ4n) is 5.90. The lowest BCUT2D eigenvalue weighted by molar-refractivity contribution is 0.236. The minimum absolute atomic E-state index is 0.179. The second-order valence-corrected chi connectivity index (χ2v) is 11.8. The van der Waals surface area contributed by atoms with Crippen LogP contribution in [0.5, 0.6) is 17.2 Å². The topological polar surface area (TPSA) is 57.2 Å². The average molecular weight is 558 g/mol. The largest absolute Gasteiger partial charge is 0.506 e. The van der Waals surface area contributed by atoms with Gasteiger partial charge in [0.1, 0.15) is 30.5 Å². The van der Waals surface area contributed by atoms with Gasteiger partial charge in [0, 0.05) is 45.7 Å². The third kappa shape index (κ3) is 6.07. The van der Waals surface area contributed by atoms with Gasteiger partial charge in [0.2, 0.25) is 0 Å². The molecule has 3 heterocycles. The summed E-state index contributed by atoms with van der Waals surface area (Å²) < 4.78 is 13.5. The van der Waals surface area contributed by atoms with Crippen LogP contribution in [0.2, 0.25) is 0 Å². The van der Waals surface area contributed by atoms with E-state index in [1.807, 2.05) is 18.2 Å². The predicted octanol–water partition coefficient (Wildman–Crippen LogP) is 7.28. The summed E-state index contributed by atoms with van der Waals surface area (Å²) >= 11 is 1.70. The van der Waals surface area contributed by atoms with E-state index in [2.05, 4.69) is 57.8 Å². The summed E-state index contributed by atoms with van der Waals surface area (Å²) in [6.45, 7) is 9.88. The number of likely N-dealkylation sites (tertiary alicyclic amines) is 2. The zero-order chi connectivity index (χ0) is 27.3. The summed E-state index contributed by atoms with van der Waals surface area (Å²) in [6.07, 6.45) is 5.11. The van der Waals surface area contributed by atoms with E-state index in [0.29, 0.717) is 18.9 Å². The Labute approximate surface area is 241 Å². The average Bonchev–Trinajstić information content (AvgIpc) is 3.76. The molecule has 210 valence electrons. The Balaban J connectivity index is 1.27. The first-order valence-electron chi connectivity index (χ1n) is 14.6. The van der Waals surface area contributed by atoms with Gasteiger partial charge in [-0.05, 0) is 82.5 Å². The highest BCUT2D eigenvalue weighted by Gasteiger charge is 2.20. The van der Waals surface area contributed by atoms with Crippen LogP contribution in [0.3, 0.4) is 0 Å². The molecule has 0 saturated carbocycles. The molecular weight excluding hydrogens is 518 g/mol. The molecule has 0 bridgehead atoms. The van der Waals surface area contributed by atoms with Crippen LogP contribution in [0.4, 0.5) is 11.4 Å². The highest BCUT2D eigenvalue weighted by atomic mass is 32.1. The number of rotatable bonds is 11. The Bertz CT molecular complexity index is 1420. The molecule has 0 spiro atoms. The summed E-state index contributed by atoms with van der Waals surface area (Å²) in [6, 6.07) is 18.3. The third-order valence-electron chi connectivity index (χ3n) is 8.14. The lowest BCUT2D eigenvalue weighted by Gasteiger charge is -2.21. The second-order valence-electron chi connectivity index (χ2n) is 10.9. The maximum atomic E-state index is 11.3. The van der Waals surface area contributed by atoms with Gasteiger partial charge in [-0.2, -0.15) is 0 Å². The second kappa shape index (κ2) is 12.5. The summed E-state index contributed by atoms with van der Waals surface area (Å²) in [5, 5.41) is 18.2. The van der Waals surface area contributed by atoms with Gasteiger partial charge in [0.15, 0.2) is 0 Å². The number of anilines is 2. The predicted molar refractivity (Wildman–Crippen MR) is 166 cm³/mol. The molecule has 0 radical (unpaired) electrons. The van der Waals surface area contributed by atoms with Gasteiger partial charge in [0.25, 0.3) is 0 Å². The number of aromatic hydroxyl groups is 1. The van der Waals surface area contributed by atoms with Crippen molar-refractivity contribution < 1.29 is 14.6 Å². The molecule has 2 aliphatic heterocycles. The summed E-state index contributed by atoms with van der Waals surface area (Å²) in [4.78, 5) is 4.90. The zero-order valence-corrected chi connectivity index (χ0v) is 24.1. The van der Waals surface area contributed by atoms with E-state index in [1.54, 1.807) is 17.4 Å². The van der Waals surface area contributed by atoms with Crippen LogP contribution in [0, 0.1) is 6.92 Å². The molecule has 3 aromatic carbocycles. The first kappa shape index (κ1) is 26.9. The fraction of sp³-hybridized carbons (Fsp3) is 0.394.